The van der Waals surface area contributed by atoms with Crippen LogP contribution in [0.1, 0.15) is 25.7 Å². The number of likely N-dealkylation sites (tertiary alicyclic amines) is 2. The van der Waals surface area contributed by atoms with Crippen LogP contribution in [0.15, 0.2) is 35.2 Å². The lowest BCUT2D eigenvalue weighted by atomic mass is 9.87. The van der Waals surface area contributed by atoms with Crippen molar-refractivity contribution in [3.8, 4) is 0 Å². The smallest absolute Gasteiger partial charge is 0.320 e. The molecule has 0 radical (unpaired) electrons. The fourth-order valence-electron chi connectivity index (χ4n) is 5.54. The van der Waals surface area contributed by atoms with E-state index in [-0.39, 0.29) is 41.6 Å². The van der Waals surface area contributed by atoms with Crippen molar-refractivity contribution >= 4 is 22.0 Å². The van der Waals surface area contributed by atoms with Crippen LogP contribution in [0, 0.1) is 0 Å². The standard InChI is InChI=1S/C23H32N4O6S/c1-25(34(30,31)18-5-3-2-4-6-18)17-13-23(33-15-17)8-11-26(12-9-23)22(29)27-10-7-20-19(14-27)24-21(28)16-32-20/h2-6,17,19-20H,7-16H2,1H3,(H,24,28)/t17-,19-,20?/m1/s1. The van der Waals surface area contributed by atoms with E-state index in [1.807, 2.05) is 4.90 Å². The van der Waals surface area contributed by atoms with Crippen LogP contribution < -0.4 is 5.32 Å². The third-order valence-electron chi connectivity index (χ3n) is 7.66. The molecule has 186 valence electrons. The monoisotopic (exact) mass is 492 g/mol. The summed E-state index contributed by atoms with van der Waals surface area (Å²) in [5.41, 5.74) is -0.403. The minimum atomic E-state index is -3.59. The number of ether oxygens (including phenoxy) is 2. The number of amides is 3. The number of benzene rings is 1. The maximum absolute atomic E-state index is 13.1. The molecule has 4 aliphatic heterocycles. The average Bonchev–Trinajstić information content (AvgIpc) is 3.26. The average molecular weight is 493 g/mol. The summed E-state index contributed by atoms with van der Waals surface area (Å²) in [6.45, 7) is 2.63. The van der Waals surface area contributed by atoms with Gasteiger partial charge < -0.3 is 24.6 Å². The Morgan fingerprint density at radius 3 is 2.62 bits per heavy atom. The van der Waals surface area contributed by atoms with Gasteiger partial charge in [-0.05, 0) is 37.8 Å². The number of hydrogen-bond donors (Lipinski definition) is 1. The molecule has 1 aromatic carbocycles. The van der Waals surface area contributed by atoms with E-state index in [0.29, 0.717) is 58.5 Å². The fourth-order valence-corrected chi connectivity index (χ4v) is 6.90. The van der Waals surface area contributed by atoms with Crippen LogP contribution in [-0.2, 0) is 24.3 Å². The van der Waals surface area contributed by atoms with Gasteiger partial charge in [0.2, 0.25) is 15.9 Å². The van der Waals surface area contributed by atoms with Crippen molar-refractivity contribution in [1.29, 1.82) is 0 Å². The number of carbonyl (C=O) groups is 2. The van der Waals surface area contributed by atoms with Crippen molar-refractivity contribution in [3.63, 3.8) is 0 Å². The first-order chi connectivity index (χ1) is 16.3. The zero-order chi connectivity index (χ0) is 23.9. The van der Waals surface area contributed by atoms with Gasteiger partial charge in [-0.2, -0.15) is 4.31 Å². The molecule has 10 nitrogen and oxygen atoms in total. The van der Waals surface area contributed by atoms with Crippen molar-refractivity contribution in [1.82, 2.24) is 19.4 Å². The molecule has 1 N–H and O–H groups in total. The molecule has 4 fully saturated rings. The highest BCUT2D eigenvalue weighted by Crippen LogP contribution is 2.39. The first-order valence-electron chi connectivity index (χ1n) is 11.9. The molecule has 0 aliphatic carbocycles. The summed E-state index contributed by atoms with van der Waals surface area (Å²) in [7, 11) is -1.97. The largest absolute Gasteiger partial charge is 0.373 e. The van der Waals surface area contributed by atoms with E-state index < -0.39 is 15.6 Å². The van der Waals surface area contributed by atoms with E-state index in [2.05, 4.69) is 5.32 Å². The third kappa shape index (κ3) is 4.41. The van der Waals surface area contributed by atoms with Crippen LogP contribution in [-0.4, -0.2) is 105 Å². The molecule has 11 heteroatoms. The van der Waals surface area contributed by atoms with Crippen LogP contribution in [0.4, 0.5) is 4.79 Å². The zero-order valence-electron chi connectivity index (χ0n) is 19.4. The Labute approximate surface area is 200 Å². The van der Waals surface area contributed by atoms with E-state index in [1.165, 1.54) is 4.31 Å². The number of nitrogens with zero attached hydrogens (tertiary/aromatic N) is 3. The third-order valence-corrected chi connectivity index (χ3v) is 9.59. The van der Waals surface area contributed by atoms with E-state index in [4.69, 9.17) is 9.47 Å². The molecule has 3 atom stereocenters. The normalized spacial score (nSPS) is 29.2. The molecule has 4 aliphatic rings. The van der Waals surface area contributed by atoms with Crippen LogP contribution in [0.25, 0.3) is 0 Å². The Balaban J connectivity index is 1.16. The first kappa shape index (κ1) is 23.5. The van der Waals surface area contributed by atoms with Crippen molar-refractivity contribution in [2.45, 2.75) is 54.4 Å². The second kappa shape index (κ2) is 9.10. The Bertz CT molecular complexity index is 1030. The first-order valence-corrected chi connectivity index (χ1v) is 13.3. The quantitative estimate of drug-likeness (QED) is 0.664. The molecule has 1 aromatic rings. The molecular weight excluding hydrogens is 460 g/mol. The summed E-state index contributed by atoms with van der Waals surface area (Å²) in [6, 6.07) is 8.03. The lowest BCUT2D eigenvalue weighted by Crippen LogP contribution is -2.63. The van der Waals surface area contributed by atoms with Crippen LogP contribution in [0.2, 0.25) is 0 Å². The summed E-state index contributed by atoms with van der Waals surface area (Å²) in [4.78, 5) is 28.7. The van der Waals surface area contributed by atoms with Gasteiger partial charge in [0, 0.05) is 33.2 Å². The number of likely N-dealkylation sites (N-methyl/N-ethyl adjacent to an activating group) is 1. The number of urea groups is 1. The maximum atomic E-state index is 13.1. The minimum absolute atomic E-state index is 0.0218. The van der Waals surface area contributed by atoms with E-state index >= 15 is 0 Å². The van der Waals surface area contributed by atoms with Gasteiger partial charge in [0.1, 0.15) is 6.61 Å². The molecule has 5 rings (SSSR count). The van der Waals surface area contributed by atoms with Gasteiger partial charge in [0.15, 0.2) is 0 Å². The highest BCUT2D eigenvalue weighted by atomic mass is 32.2. The summed E-state index contributed by atoms with van der Waals surface area (Å²) in [5.74, 6) is -0.136. The maximum Gasteiger partial charge on any atom is 0.320 e. The zero-order valence-corrected chi connectivity index (χ0v) is 20.2. The molecular formula is C23H32N4O6S. The van der Waals surface area contributed by atoms with E-state index in [9.17, 15) is 18.0 Å². The molecule has 0 bridgehead atoms. The van der Waals surface area contributed by atoms with Crippen LogP contribution >= 0.6 is 0 Å². The second-order valence-corrected chi connectivity index (χ2v) is 11.7. The van der Waals surface area contributed by atoms with Gasteiger partial charge in [0.05, 0.1) is 35.3 Å². The predicted octanol–water partition coefficient (Wildman–Crippen LogP) is 0.640. The molecule has 3 amide bonds. The molecule has 1 spiro atoms. The second-order valence-electron chi connectivity index (χ2n) is 9.71. The molecule has 4 saturated heterocycles. The summed E-state index contributed by atoms with van der Waals surface area (Å²) < 4.78 is 39.2. The van der Waals surface area contributed by atoms with Gasteiger partial charge in [-0.3, -0.25) is 4.79 Å². The molecule has 0 saturated carbocycles. The topological polar surface area (TPSA) is 108 Å². The number of nitrogens with one attached hydrogen (secondary N) is 1. The summed E-state index contributed by atoms with van der Waals surface area (Å²) in [5, 5.41) is 2.93. The number of hydrogen-bond acceptors (Lipinski definition) is 6. The summed E-state index contributed by atoms with van der Waals surface area (Å²) >= 11 is 0. The van der Waals surface area contributed by atoms with Crippen LogP contribution in [0.5, 0.6) is 0 Å². The predicted molar refractivity (Wildman–Crippen MR) is 123 cm³/mol. The van der Waals surface area contributed by atoms with Crippen molar-refractivity contribution in [2.24, 2.45) is 0 Å². The van der Waals surface area contributed by atoms with Crippen molar-refractivity contribution in [2.75, 3.05) is 46.4 Å². The Hall–Kier alpha value is -2.21. The van der Waals surface area contributed by atoms with E-state index in [1.54, 1.807) is 42.3 Å². The molecule has 4 heterocycles. The van der Waals surface area contributed by atoms with Gasteiger partial charge in [-0.1, -0.05) is 18.2 Å². The lowest BCUT2D eigenvalue weighted by molar-refractivity contribution is -0.139. The van der Waals surface area contributed by atoms with Crippen molar-refractivity contribution in [3.05, 3.63) is 30.3 Å². The lowest BCUT2D eigenvalue weighted by Gasteiger charge is -2.44. The summed E-state index contributed by atoms with van der Waals surface area (Å²) in [6.07, 6.45) is 2.65. The number of morpholine rings is 1. The van der Waals surface area contributed by atoms with Gasteiger partial charge in [-0.15, -0.1) is 0 Å². The SMILES string of the molecule is CN([C@H]1COC2(CCN(C(=O)N3CCC4OCC(=O)N[C@@H]4C3)CC2)C1)S(=O)(=O)c1ccccc1. The van der Waals surface area contributed by atoms with Crippen molar-refractivity contribution < 1.29 is 27.5 Å². The minimum Gasteiger partial charge on any atom is -0.373 e. The highest BCUT2D eigenvalue weighted by molar-refractivity contribution is 7.89. The number of rotatable bonds is 3. The number of carbonyl (C=O) groups excluding carboxylic acids is 2. The van der Waals surface area contributed by atoms with E-state index in [0.717, 1.165) is 0 Å². The number of sulfonamides is 1. The highest BCUT2D eigenvalue weighted by Gasteiger charge is 2.47. The number of fused-ring (bicyclic) bond motifs is 1. The molecule has 0 aromatic heterocycles. The van der Waals surface area contributed by atoms with Gasteiger partial charge >= 0.3 is 6.03 Å². The van der Waals surface area contributed by atoms with Gasteiger partial charge in [-0.25, -0.2) is 13.2 Å². The Morgan fingerprint density at radius 1 is 1.15 bits per heavy atom. The molecule has 34 heavy (non-hydrogen) atoms. The van der Waals surface area contributed by atoms with Crippen LogP contribution in [0.3, 0.4) is 0 Å². The van der Waals surface area contributed by atoms with Gasteiger partial charge in [0.25, 0.3) is 0 Å². The Morgan fingerprint density at radius 2 is 1.88 bits per heavy atom. The Kier molecular flexibility index (Phi) is 6.30. The number of piperidine rings is 2. The molecule has 1 unspecified atom stereocenters. The fraction of sp³-hybridized carbons (Fsp3) is 0.652.